The number of rotatable bonds is 5. The van der Waals surface area contributed by atoms with Gasteiger partial charge in [0, 0.05) is 0 Å². The smallest absolute Gasteiger partial charge is 0.325 e. The lowest BCUT2D eigenvalue weighted by atomic mass is 10.1. The molecule has 0 spiro atoms. The van der Waals surface area contributed by atoms with Crippen LogP contribution >= 0.6 is 11.3 Å². The van der Waals surface area contributed by atoms with Crippen molar-refractivity contribution in [3.8, 4) is 5.75 Å². The molecule has 9 heteroatoms. The molecule has 28 heavy (non-hydrogen) atoms. The second-order valence-electron chi connectivity index (χ2n) is 6.19. The summed E-state index contributed by atoms with van der Waals surface area (Å²) in [6.07, 6.45) is 0. The molecule has 0 saturated heterocycles. The molecular formula is C19H20N2O5S2. The molecule has 0 amide bonds. The lowest BCUT2D eigenvalue weighted by molar-refractivity contribution is -0.141. The maximum atomic E-state index is 12.8. The molecule has 2 aromatic carbocycles. The van der Waals surface area contributed by atoms with Gasteiger partial charge in [0.1, 0.15) is 12.3 Å². The average molecular weight is 421 g/mol. The lowest BCUT2D eigenvalue weighted by Gasteiger charge is -2.06. The molecule has 7 nitrogen and oxygen atoms in total. The van der Waals surface area contributed by atoms with Gasteiger partial charge in [-0.2, -0.15) is 8.42 Å². The van der Waals surface area contributed by atoms with Crippen LogP contribution in [0.25, 0.3) is 10.2 Å². The zero-order valence-electron chi connectivity index (χ0n) is 15.9. The minimum atomic E-state index is -3.96. The van der Waals surface area contributed by atoms with Crippen LogP contribution in [0.4, 0.5) is 0 Å². The number of methoxy groups -OCH3 is 2. The predicted octanol–water partition coefficient (Wildman–Crippen LogP) is 2.79. The zero-order valence-corrected chi connectivity index (χ0v) is 17.6. The minimum Gasteiger partial charge on any atom is -0.497 e. The molecular weight excluding hydrogens is 400 g/mol. The molecule has 148 valence electrons. The van der Waals surface area contributed by atoms with Crippen molar-refractivity contribution in [3.63, 3.8) is 0 Å². The summed E-state index contributed by atoms with van der Waals surface area (Å²) < 4.78 is 41.8. The standard InChI is InChI=1S/C19H20N2O5S2/c1-12-9-16-17(10-13(12)2)27-19(21(16)11-18(22)26-4)20-28(23,24)15-7-5-14(25-3)6-8-15/h5-10H,11H2,1-4H3/b20-19-. The first kappa shape index (κ1) is 20.1. The van der Waals surface area contributed by atoms with Gasteiger partial charge in [0.25, 0.3) is 10.0 Å². The van der Waals surface area contributed by atoms with Crippen molar-refractivity contribution in [1.29, 1.82) is 0 Å². The summed E-state index contributed by atoms with van der Waals surface area (Å²) in [6, 6.07) is 9.87. The summed E-state index contributed by atoms with van der Waals surface area (Å²) in [5.74, 6) is 0.0636. The molecule has 1 aromatic heterocycles. The van der Waals surface area contributed by atoms with Crippen molar-refractivity contribution in [2.24, 2.45) is 4.40 Å². The Hall–Kier alpha value is -2.65. The van der Waals surface area contributed by atoms with Crippen LogP contribution < -0.4 is 9.54 Å². The molecule has 0 aliphatic carbocycles. The second-order valence-corrected chi connectivity index (χ2v) is 8.81. The molecule has 0 radical (unpaired) electrons. The Kier molecular flexibility index (Phi) is 5.57. The van der Waals surface area contributed by atoms with Crippen LogP contribution in [0.5, 0.6) is 5.75 Å². The van der Waals surface area contributed by atoms with Gasteiger partial charge in [-0.25, -0.2) is 0 Å². The van der Waals surface area contributed by atoms with Crippen LogP contribution in [0, 0.1) is 13.8 Å². The van der Waals surface area contributed by atoms with Crippen LogP contribution in [0.1, 0.15) is 11.1 Å². The van der Waals surface area contributed by atoms with Gasteiger partial charge >= 0.3 is 5.97 Å². The number of fused-ring (bicyclic) bond motifs is 1. The highest BCUT2D eigenvalue weighted by Crippen LogP contribution is 2.23. The normalized spacial score (nSPS) is 12.4. The SMILES string of the molecule is COC(=O)Cn1/c(=N/S(=O)(=O)c2ccc(OC)cc2)sc2cc(C)c(C)cc21. The van der Waals surface area contributed by atoms with Crippen molar-refractivity contribution in [2.45, 2.75) is 25.3 Å². The summed E-state index contributed by atoms with van der Waals surface area (Å²) in [4.78, 5) is 12.1. The summed E-state index contributed by atoms with van der Waals surface area (Å²) in [6.45, 7) is 3.81. The third-order valence-electron chi connectivity index (χ3n) is 4.37. The van der Waals surface area contributed by atoms with Crippen LogP contribution in [-0.4, -0.2) is 33.2 Å². The number of ether oxygens (including phenoxy) is 2. The van der Waals surface area contributed by atoms with E-state index in [9.17, 15) is 13.2 Å². The van der Waals surface area contributed by atoms with E-state index in [4.69, 9.17) is 9.47 Å². The molecule has 0 N–H and O–H groups in total. The maximum Gasteiger partial charge on any atom is 0.325 e. The third-order valence-corrected chi connectivity index (χ3v) is 6.81. The fraction of sp³-hybridized carbons (Fsp3) is 0.263. The number of aromatic nitrogens is 1. The van der Waals surface area contributed by atoms with E-state index in [2.05, 4.69) is 4.40 Å². The van der Waals surface area contributed by atoms with Gasteiger partial charge < -0.3 is 14.0 Å². The lowest BCUT2D eigenvalue weighted by Crippen LogP contribution is -2.22. The van der Waals surface area contributed by atoms with Crippen molar-refractivity contribution in [1.82, 2.24) is 4.57 Å². The molecule has 0 unspecified atom stereocenters. The quantitative estimate of drug-likeness (QED) is 0.593. The minimum absolute atomic E-state index is 0.0442. The fourth-order valence-corrected chi connectivity index (χ4v) is 4.95. The zero-order chi connectivity index (χ0) is 20.5. The molecule has 0 aliphatic heterocycles. The molecule has 0 bridgehead atoms. The number of hydrogen-bond acceptors (Lipinski definition) is 6. The highest BCUT2D eigenvalue weighted by Gasteiger charge is 2.17. The van der Waals surface area contributed by atoms with Crippen LogP contribution in [0.3, 0.4) is 0 Å². The Morgan fingerprint density at radius 2 is 1.75 bits per heavy atom. The van der Waals surface area contributed by atoms with Gasteiger partial charge in [0.15, 0.2) is 0 Å². The fourth-order valence-electron chi connectivity index (χ4n) is 2.64. The van der Waals surface area contributed by atoms with Gasteiger partial charge in [-0.15, -0.1) is 4.40 Å². The number of nitrogens with zero attached hydrogens (tertiary/aromatic N) is 2. The van der Waals surface area contributed by atoms with Crippen molar-refractivity contribution < 1.29 is 22.7 Å². The average Bonchev–Trinajstić information content (AvgIpc) is 2.97. The molecule has 0 fully saturated rings. The Morgan fingerprint density at radius 1 is 1.11 bits per heavy atom. The number of hydrogen-bond donors (Lipinski definition) is 0. The summed E-state index contributed by atoms with van der Waals surface area (Å²) in [7, 11) is -1.17. The largest absolute Gasteiger partial charge is 0.497 e. The Labute approximate surface area is 166 Å². The Bertz CT molecular complexity index is 1210. The highest BCUT2D eigenvalue weighted by molar-refractivity contribution is 7.90. The molecule has 1 heterocycles. The van der Waals surface area contributed by atoms with Crippen LogP contribution in [0.15, 0.2) is 45.7 Å². The maximum absolute atomic E-state index is 12.8. The first-order valence-corrected chi connectivity index (χ1v) is 10.6. The Morgan fingerprint density at radius 3 is 2.36 bits per heavy atom. The van der Waals surface area contributed by atoms with E-state index < -0.39 is 16.0 Å². The number of carbonyl (C=O) groups excluding carboxylic acids is 1. The van der Waals surface area contributed by atoms with Gasteiger partial charge in [0.2, 0.25) is 4.80 Å². The van der Waals surface area contributed by atoms with Crippen LogP contribution in [0.2, 0.25) is 0 Å². The number of thiazole rings is 1. The van der Waals surface area contributed by atoms with E-state index in [-0.39, 0.29) is 16.2 Å². The predicted molar refractivity (Wildman–Crippen MR) is 107 cm³/mol. The first-order chi connectivity index (χ1) is 13.2. The van der Waals surface area contributed by atoms with E-state index in [0.717, 1.165) is 21.3 Å². The van der Waals surface area contributed by atoms with E-state index in [1.165, 1.54) is 37.7 Å². The van der Waals surface area contributed by atoms with E-state index in [1.54, 1.807) is 16.7 Å². The van der Waals surface area contributed by atoms with Gasteiger partial charge in [0.05, 0.1) is 29.3 Å². The summed E-state index contributed by atoms with van der Waals surface area (Å²) in [5.41, 5.74) is 2.85. The highest BCUT2D eigenvalue weighted by atomic mass is 32.2. The van der Waals surface area contributed by atoms with Crippen molar-refractivity contribution >= 4 is 37.5 Å². The van der Waals surface area contributed by atoms with Crippen molar-refractivity contribution in [3.05, 3.63) is 52.3 Å². The van der Waals surface area contributed by atoms with E-state index in [1.807, 2.05) is 26.0 Å². The second kappa shape index (κ2) is 7.76. The van der Waals surface area contributed by atoms with Gasteiger partial charge in [-0.1, -0.05) is 11.3 Å². The summed E-state index contributed by atoms with van der Waals surface area (Å²) in [5, 5.41) is 0. The first-order valence-electron chi connectivity index (χ1n) is 8.37. The molecule has 0 atom stereocenters. The third kappa shape index (κ3) is 3.95. The summed E-state index contributed by atoms with van der Waals surface area (Å²) >= 11 is 1.21. The van der Waals surface area contributed by atoms with Crippen LogP contribution in [-0.2, 0) is 26.1 Å². The topological polar surface area (TPSA) is 87.0 Å². The monoisotopic (exact) mass is 420 g/mol. The Balaban J connectivity index is 2.21. The molecule has 0 saturated carbocycles. The number of esters is 1. The van der Waals surface area contributed by atoms with E-state index >= 15 is 0 Å². The van der Waals surface area contributed by atoms with Crippen molar-refractivity contribution in [2.75, 3.05) is 14.2 Å². The van der Waals surface area contributed by atoms with Gasteiger partial charge in [-0.05, 0) is 61.4 Å². The number of benzene rings is 2. The van der Waals surface area contributed by atoms with Gasteiger partial charge in [-0.3, -0.25) is 4.79 Å². The van der Waals surface area contributed by atoms with E-state index in [0.29, 0.717) is 5.75 Å². The number of aryl methyl sites for hydroxylation is 2. The molecule has 3 aromatic rings. The molecule has 0 aliphatic rings. The number of sulfonamides is 1. The molecule has 3 rings (SSSR count). The number of carbonyl (C=O) groups is 1.